The van der Waals surface area contributed by atoms with E-state index >= 15 is 0 Å². The van der Waals surface area contributed by atoms with Crippen molar-refractivity contribution in [3.63, 3.8) is 0 Å². The van der Waals surface area contributed by atoms with Crippen molar-refractivity contribution in [1.29, 1.82) is 0 Å². The lowest BCUT2D eigenvalue weighted by molar-refractivity contribution is 0.408. The standard InChI is InChI=1S/C20H34S/c1-7-14-20(5,6)18-12-10-9-11-17(18)13-15-21-16-19(3,4)8-2/h9-12H,7-8,13-16H2,1-6H3. The van der Waals surface area contributed by atoms with Gasteiger partial charge in [0.1, 0.15) is 0 Å². The van der Waals surface area contributed by atoms with Gasteiger partial charge in [-0.25, -0.2) is 0 Å². The molecule has 120 valence electrons. The van der Waals surface area contributed by atoms with Crippen LogP contribution in [0.2, 0.25) is 0 Å². The minimum atomic E-state index is 0.304. The molecule has 0 nitrogen and oxygen atoms in total. The molecule has 0 aliphatic carbocycles. The first-order valence-electron chi connectivity index (χ1n) is 8.48. The van der Waals surface area contributed by atoms with Crippen molar-refractivity contribution in [1.82, 2.24) is 0 Å². The lowest BCUT2D eigenvalue weighted by atomic mass is 9.78. The molecule has 0 saturated carbocycles. The number of benzene rings is 1. The van der Waals surface area contributed by atoms with Crippen molar-refractivity contribution in [2.75, 3.05) is 11.5 Å². The molecule has 1 rings (SSSR count). The molecule has 0 atom stereocenters. The first-order chi connectivity index (χ1) is 9.82. The van der Waals surface area contributed by atoms with Crippen molar-refractivity contribution < 1.29 is 0 Å². The van der Waals surface area contributed by atoms with E-state index in [1.807, 2.05) is 0 Å². The summed E-state index contributed by atoms with van der Waals surface area (Å²) in [6, 6.07) is 9.06. The molecule has 0 aromatic heterocycles. The maximum Gasteiger partial charge on any atom is -0.00161 e. The van der Waals surface area contributed by atoms with E-state index in [1.54, 1.807) is 11.1 Å². The normalized spacial score (nSPS) is 12.7. The fourth-order valence-electron chi connectivity index (χ4n) is 2.79. The van der Waals surface area contributed by atoms with Crippen molar-refractivity contribution >= 4 is 11.8 Å². The summed E-state index contributed by atoms with van der Waals surface area (Å²) in [7, 11) is 0. The van der Waals surface area contributed by atoms with Gasteiger partial charge < -0.3 is 0 Å². The highest BCUT2D eigenvalue weighted by Gasteiger charge is 2.22. The second kappa shape index (κ2) is 8.27. The van der Waals surface area contributed by atoms with Crippen molar-refractivity contribution in [3.8, 4) is 0 Å². The van der Waals surface area contributed by atoms with E-state index in [1.165, 1.54) is 37.2 Å². The van der Waals surface area contributed by atoms with Crippen LogP contribution < -0.4 is 0 Å². The van der Waals surface area contributed by atoms with E-state index in [9.17, 15) is 0 Å². The van der Waals surface area contributed by atoms with E-state index < -0.39 is 0 Å². The minimum Gasteiger partial charge on any atom is -0.161 e. The smallest absolute Gasteiger partial charge is 0.00161 e. The van der Waals surface area contributed by atoms with Gasteiger partial charge >= 0.3 is 0 Å². The molecule has 0 fully saturated rings. The molecule has 0 amide bonds. The number of hydrogen-bond acceptors (Lipinski definition) is 1. The lowest BCUT2D eigenvalue weighted by Crippen LogP contribution is -2.19. The molecule has 0 aliphatic rings. The Morgan fingerprint density at radius 2 is 1.67 bits per heavy atom. The van der Waals surface area contributed by atoms with Crippen LogP contribution >= 0.6 is 11.8 Å². The van der Waals surface area contributed by atoms with Crippen LogP contribution in [0.3, 0.4) is 0 Å². The number of thioether (sulfide) groups is 1. The highest BCUT2D eigenvalue weighted by molar-refractivity contribution is 7.99. The van der Waals surface area contributed by atoms with E-state index in [-0.39, 0.29) is 0 Å². The van der Waals surface area contributed by atoms with Crippen molar-refractivity contribution in [3.05, 3.63) is 35.4 Å². The van der Waals surface area contributed by atoms with Gasteiger partial charge in [-0.05, 0) is 46.3 Å². The molecule has 21 heavy (non-hydrogen) atoms. The van der Waals surface area contributed by atoms with Gasteiger partial charge in [0.25, 0.3) is 0 Å². The van der Waals surface area contributed by atoms with Gasteiger partial charge in [-0.15, -0.1) is 0 Å². The zero-order chi connectivity index (χ0) is 15.9. The summed E-state index contributed by atoms with van der Waals surface area (Å²) in [5, 5.41) is 0. The first-order valence-corrected chi connectivity index (χ1v) is 9.64. The Hall–Kier alpha value is -0.430. The Balaban J connectivity index is 2.64. The van der Waals surface area contributed by atoms with E-state index in [0.717, 1.165) is 0 Å². The van der Waals surface area contributed by atoms with Gasteiger partial charge in [-0.2, -0.15) is 11.8 Å². The van der Waals surface area contributed by atoms with E-state index in [0.29, 0.717) is 10.8 Å². The summed E-state index contributed by atoms with van der Waals surface area (Å²) in [6.45, 7) is 14.1. The minimum absolute atomic E-state index is 0.304. The largest absolute Gasteiger partial charge is 0.161 e. The van der Waals surface area contributed by atoms with Crippen molar-refractivity contribution in [2.24, 2.45) is 5.41 Å². The molecule has 0 aliphatic heterocycles. The van der Waals surface area contributed by atoms with Gasteiger partial charge in [0, 0.05) is 0 Å². The van der Waals surface area contributed by atoms with Crippen LogP contribution in [-0.2, 0) is 11.8 Å². The van der Waals surface area contributed by atoms with Crippen LogP contribution in [0.15, 0.2) is 24.3 Å². The predicted octanol–water partition coefficient (Wildman–Crippen LogP) is 6.48. The van der Waals surface area contributed by atoms with Gasteiger partial charge in [0.05, 0.1) is 0 Å². The second-order valence-corrected chi connectivity index (χ2v) is 8.72. The van der Waals surface area contributed by atoms with Crippen LogP contribution in [0, 0.1) is 5.41 Å². The van der Waals surface area contributed by atoms with Gasteiger partial charge in [0.15, 0.2) is 0 Å². The summed E-state index contributed by atoms with van der Waals surface area (Å²) >= 11 is 2.11. The highest BCUT2D eigenvalue weighted by atomic mass is 32.2. The lowest BCUT2D eigenvalue weighted by Gasteiger charge is -2.28. The maximum atomic E-state index is 2.39. The predicted molar refractivity (Wildman–Crippen MR) is 99.5 cm³/mol. The fraction of sp³-hybridized carbons (Fsp3) is 0.700. The number of rotatable bonds is 9. The number of hydrogen-bond donors (Lipinski definition) is 0. The highest BCUT2D eigenvalue weighted by Crippen LogP contribution is 2.32. The molecule has 1 heteroatoms. The zero-order valence-corrected chi connectivity index (χ0v) is 15.8. The first kappa shape index (κ1) is 18.6. The average Bonchev–Trinajstić information content (AvgIpc) is 2.44. The summed E-state index contributed by atoms with van der Waals surface area (Å²) in [5.41, 5.74) is 3.89. The second-order valence-electron chi connectivity index (χ2n) is 7.61. The molecule has 0 heterocycles. The van der Waals surface area contributed by atoms with Gasteiger partial charge in [0.2, 0.25) is 0 Å². The van der Waals surface area contributed by atoms with Crippen LogP contribution in [0.5, 0.6) is 0 Å². The van der Waals surface area contributed by atoms with Gasteiger partial charge in [-0.3, -0.25) is 0 Å². The Morgan fingerprint density at radius 1 is 1.00 bits per heavy atom. The van der Waals surface area contributed by atoms with Crippen LogP contribution in [0.4, 0.5) is 0 Å². The maximum absolute atomic E-state index is 2.39. The van der Waals surface area contributed by atoms with E-state index in [4.69, 9.17) is 0 Å². The molecular weight excluding hydrogens is 272 g/mol. The van der Waals surface area contributed by atoms with Crippen LogP contribution in [0.25, 0.3) is 0 Å². The molecule has 0 N–H and O–H groups in total. The molecule has 0 spiro atoms. The molecule has 1 aromatic rings. The monoisotopic (exact) mass is 306 g/mol. The Labute approximate surface area is 137 Å². The summed E-state index contributed by atoms with van der Waals surface area (Å²) in [4.78, 5) is 0. The zero-order valence-electron chi connectivity index (χ0n) is 15.0. The molecule has 0 saturated heterocycles. The van der Waals surface area contributed by atoms with Crippen molar-refractivity contribution in [2.45, 2.75) is 72.6 Å². The van der Waals surface area contributed by atoms with Crippen LogP contribution in [-0.4, -0.2) is 11.5 Å². The summed E-state index contributed by atoms with van der Waals surface area (Å²) < 4.78 is 0. The quantitative estimate of drug-likeness (QED) is 0.471. The molecule has 0 unspecified atom stereocenters. The summed E-state index contributed by atoms with van der Waals surface area (Å²) in [5.74, 6) is 2.51. The summed E-state index contributed by atoms with van der Waals surface area (Å²) in [6.07, 6.45) is 4.98. The molecule has 1 aromatic carbocycles. The third-order valence-corrected chi connectivity index (χ3v) is 6.07. The number of aryl methyl sites for hydroxylation is 1. The third kappa shape index (κ3) is 6.06. The Morgan fingerprint density at radius 3 is 2.29 bits per heavy atom. The molecular formula is C20H34S. The fourth-order valence-corrected chi connectivity index (χ4v) is 4.06. The Bertz CT molecular complexity index is 418. The topological polar surface area (TPSA) is 0 Å². The van der Waals surface area contributed by atoms with Crippen LogP contribution in [0.1, 0.15) is 71.9 Å². The van der Waals surface area contributed by atoms with E-state index in [2.05, 4.69) is 77.6 Å². The molecule has 0 bridgehead atoms. The average molecular weight is 307 g/mol. The van der Waals surface area contributed by atoms with Gasteiger partial charge in [-0.1, -0.05) is 78.6 Å². The SMILES string of the molecule is CCCC(C)(C)c1ccccc1CCSCC(C)(C)CC. The third-order valence-electron chi connectivity index (χ3n) is 4.59. The Kier molecular flexibility index (Phi) is 7.33. The molecule has 0 radical (unpaired) electrons.